The molecular formula is C27H27ClN6O2S. The van der Waals surface area contributed by atoms with E-state index in [1.165, 1.54) is 18.0 Å². The number of para-hydroxylation sites is 1. The third kappa shape index (κ3) is 6.49. The summed E-state index contributed by atoms with van der Waals surface area (Å²) >= 11 is 7.30. The number of thioether (sulfide) groups is 1. The molecule has 0 fully saturated rings. The minimum Gasteiger partial charge on any atom is -0.507 e. The maximum atomic E-state index is 12.5. The number of nitrogens with zero attached hydrogens (tertiary/aromatic N) is 5. The van der Waals surface area contributed by atoms with Crippen molar-refractivity contribution in [3.05, 3.63) is 83.4 Å². The lowest BCUT2D eigenvalue weighted by atomic mass is 10.2. The maximum Gasteiger partial charge on any atom is 0.250 e. The largest absolute Gasteiger partial charge is 0.507 e. The second kappa shape index (κ2) is 12.4. The van der Waals surface area contributed by atoms with Gasteiger partial charge in [-0.3, -0.25) is 9.36 Å². The van der Waals surface area contributed by atoms with E-state index < -0.39 is 0 Å². The number of anilines is 1. The molecule has 4 aromatic rings. The molecule has 0 saturated heterocycles. The van der Waals surface area contributed by atoms with Crippen LogP contribution in [0.5, 0.6) is 5.75 Å². The number of carbonyl (C=O) groups excluding carboxylic acids is 1. The van der Waals surface area contributed by atoms with Crippen LogP contribution in [-0.2, 0) is 4.79 Å². The molecule has 190 valence electrons. The van der Waals surface area contributed by atoms with Crippen LogP contribution in [-0.4, -0.2) is 50.8 Å². The standard InChI is InChI=1S/C27H27ClN6O2S/c1-3-33(4-2)23-15-12-20(24(35)16-23)17-29-30-25(36)18-37-27-32-31-26(19-10-13-21(28)14-11-19)34(27)22-8-6-5-7-9-22/h5-17,35H,3-4,18H2,1-2H3,(H,30,36)/b29-17-. The highest BCUT2D eigenvalue weighted by Crippen LogP contribution is 2.28. The number of amides is 1. The third-order valence-electron chi connectivity index (χ3n) is 5.62. The number of aromatic nitrogens is 3. The van der Waals surface area contributed by atoms with Gasteiger partial charge >= 0.3 is 0 Å². The predicted molar refractivity (Wildman–Crippen MR) is 150 cm³/mol. The van der Waals surface area contributed by atoms with Gasteiger partial charge in [0.2, 0.25) is 0 Å². The van der Waals surface area contributed by atoms with E-state index in [0.717, 1.165) is 30.0 Å². The Morgan fingerprint density at radius 3 is 2.49 bits per heavy atom. The summed E-state index contributed by atoms with van der Waals surface area (Å²) < 4.78 is 1.90. The zero-order chi connectivity index (χ0) is 26.2. The minimum atomic E-state index is -0.309. The van der Waals surface area contributed by atoms with E-state index in [9.17, 15) is 9.90 Å². The summed E-state index contributed by atoms with van der Waals surface area (Å²) in [6, 6.07) is 22.4. The molecule has 0 aliphatic rings. The first-order chi connectivity index (χ1) is 18.0. The number of halogens is 1. The molecule has 0 saturated carbocycles. The van der Waals surface area contributed by atoms with Crippen LogP contribution in [0.2, 0.25) is 5.02 Å². The Morgan fingerprint density at radius 1 is 1.08 bits per heavy atom. The molecule has 2 N–H and O–H groups in total. The van der Waals surface area contributed by atoms with E-state index >= 15 is 0 Å². The summed E-state index contributed by atoms with van der Waals surface area (Å²) in [5, 5.41) is 24.2. The van der Waals surface area contributed by atoms with Crippen molar-refractivity contribution in [2.45, 2.75) is 19.0 Å². The van der Waals surface area contributed by atoms with Gasteiger partial charge in [-0.2, -0.15) is 5.10 Å². The topological polar surface area (TPSA) is 95.6 Å². The molecule has 0 unspecified atom stereocenters. The summed E-state index contributed by atoms with van der Waals surface area (Å²) in [4.78, 5) is 14.6. The SMILES string of the molecule is CCN(CC)c1ccc(/C=N\NC(=O)CSc2nnc(-c3ccc(Cl)cc3)n2-c2ccccc2)c(O)c1. The molecule has 8 nitrogen and oxygen atoms in total. The van der Waals surface area contributed by atoms with Gasteiger partial charge in [0.15, 0.2) is 11.0 Å². The first kappa shape index (κ1) is 26.2. The fourth-order valence-electron chi connectivity index (χ4n) is 3.72. The molecule has 0 atom stereocenters. The Hall–Kier alpha value is -3.82. The van der Waals surface area contributed by atoms with Gasteiger partial charge in [0.25, 0.3) is 5.91 Å². The number of phenolic OH excluding ortho intramolecular Hbond substituents is 1. The highest BCUT2D eigenvalue weighted by atomic mass is 35.5. The van der Waals surface area contributed by atoms with Crippen molar-refractivity contribution in [1.82, 2.24) is 20.2 Å². The lowest BCUT2D eigenvalue weighted by Gasteiger charge is -2.21. The van der Waals surface area contributed by atoms with Crippen molar-refractivity contribution >= 4 is 41.2 Å². The van der Waals surface area contributed by atoms with E-state index in [-0.39, 0.29) is 17.4 Å². The van der Waals surface area contributed by atoms with Gasteiger partial charge < -0.3 is 10.0 Å². The number of hydrazone groups is 1. The first-order valence-electron chi connectivity index (χ1n) is 11.8. The maximum absolute atomic E-state index is 12.5. The molecule has 0 bridgehead atoms. The molecule has 0 aliphatic carbocycles. The molecule has 3 aromatic carbocycles. The number of phenols is 1. The lowest BCUT2D eigenvalue weighted by molar-refractivity contribution is -0.118. The van der Waals surface area contributed by atoms with Gasteiger partial charge in [-0.25, -0.2) is 5.43 Å². The second-order valence-electron chi connectivity index (χ2n) is 7.98. The number of rotatable bonds is 10. The van der Waals surface area contributed by atoms with Crippen LogP contribution in [0.1, 0.15) is 19.4 Å². The van der Waals surface area contributed by atoms with Crippen LogP contribution in [0.25, 0.3) is 17.1 Å². The minimum absolute atomic E-state index is 0.0792. The number of aromatic hydroxyl groups is 1. The van der Waals surface area contributed by atoms with Crippen LogP contribution in [0.4, 0.5) is 5.69 Å². The van der Waals surface area contributed by atoms with Crippen molar-refractivity contribution in [1.29, 1.82) is 0 Å². The van der Waals surface area contributed by atoms with Crippen molar-refractivity contribution in [3.63, 3.8) is 0 Å². The number of hydrogen-bond donors (Lipinski definition) is 2. The third-order valence-corrected chi connectivity index (χ3v) is 6.80. The zero-order valence-corrected chi connectivity index (χ0v) is 22.1. The van der Waals surface area contributed by atoms with Crippen molar-refractivity contribution in [2.75, 3.05) is 23.7 Å². The Morgan fingerprint density at radius 2 is 1.81 bits per heavy atom. The summed E-state index contributed by atoms with van der Waals surface area (Å²) in [6.07, 6.45) is 1.43. The number of benzene rings is 3. The average molecular weight is 535 g/mol. The highest BCUT2D eigenvalue weighted by molar-refractivity contribution is 7.99. The normalized spacial score (nSPS) is 11.1. The summed E-state index contributed by atoms with van der Waals surface area (Å²) in [7, 11) is 0. The van der Waals surface area contributed by atoms with E-state index in [0.29, 0.717) is 21.6 Å². The van der Waals surface area contributed by atoms with E-state index in [2.05, 4.69) is 39.5 Å². The highest BCUT2D eigenvalue weighted by Gasteiger charge is 2.17. The number of hydrogen-bond acceptors (Lipinski definition) is 7. The first-order valence-corrected chi connectivity index (χ1v) is 13.2. The van der Waals surface area contributed by atoms with Crippen molar-refractivity contribution in [3.8, 4) is 22.8 Å². The van der Waals surface area contributed by atoms with Gasteiger partial charge in [-0.1, -0.05) is 41.6 Å². The van der Waals surface area contributed by atoms with Crippen LogP contribution >= 0.6 is 23.4 Å². The van der Waals surface area contributed by atoms with Crippen LogP contribution in [0, 0.1) is 0 Å². The summed E-state index contributed by atoms with van der Waals surface area (Å²) in [5.41, 5.74) is 5.69. The molecule has 37 heavy (non-hydrogen) atoms. The Balaban J connectivity index is 1.44. The van der Waals surface area contributed by atoms with E-state index in [4.69, 9.17) is 11.6 Å². The van der Waals surface area contributed by atoms with E-state index in [1.54, 1.807) is 24.3 Å². The summed E-state index contributed by atoms with van der Waals surface area (Å²) in [5.74, 6) is 0.515. The Bertz CT molecular complexity index is 1370. The van der Waals surface area contributed by atoms with Crippen molar-refractivity contribution < 1.29 is 9.90 Å². The van der Waals surface area contributed by atoms with Gasteiger partial charge in [-0.15, -0.1) is 10.2 Å². The zero-order valence-electron chi connectivity index (χ0n) is 20.5. The van der Waals surface area contributed by atoms with Gasteiger partial charge in [0.1, 0.15) is 5.75 Å². The molecule has 0 aliphatic heterocycles. The molecule has 0 radical (unpaired) electrons. The fourth-order valence-corrected chi connectivity index (χ4v) is 4.59. The van der Waals surface area contributed by atoms with Crippen LogP contribution in [0.15, 0.2) is 83.1 Å². The summed E-state index contributed by atoms with van der Waals surface area (Å²) in [6.45, 7) is 5.81. The molecule has 1 amide bonds. The average Bonchev–Trinajstić information content (AvgIpc) is 3.34. The molecule has 1 heterocycles. The second-order valence-corrected chi connectivity index (χ2v) is 9.36. The Labute approximate surface area is 225 Å². The Kier molecular flexibility index (Phi) is 8.81. The smallest absolute Gasteiger partial charge is 0.250 e. The molecular weight excluding hydrogens is 508 g/mol. The number of carbonyl (C=O) groups is 1. The molecule has 4 rings (SSSR count). The van der Waals surface area contributed by atoms with Crippen LogP contribution in [0.3, 0.4) is 0 Å². The van der Waals surface area contributed by atoms with Gasteiger partial charge in [-0.05, 0) is 62.4 Å². The molecule has 1 aromatic heterocycles. The van der Waals surface area contributed by atoms with Crippen LogP contribution < -0.4 is 10.3 Å². The quantitative estimate of drug-likeness (QED) is 0.161. The van der Waals surface area contributed by atoms with Gasteiger partial charge in [0.05, 0.1) is 12.0 Å². The fraction of sp³-hybridized carbons (Fsp3) is 0.185. The monoisotopic (exact) mass is 534 g/mol. The van der Waals surface area contributed by atoms with Crippen molar-refractivity contribution in [2.24, 2.45) is 5.10 Å². The van der Waals surface area contributed by atoms with Gasteiger partial charge in [0, 0.05) is 46.7 Å². The molecule has 0 spiro atoms. The molecule has 10 heteroatoms. The number of nitrogens with one attached hydrogen (secondary N) is 1. The van der Waals surface area contributed by atoms with E-state index in [1.807, 2.05) is 53.1 Å². The lowest BCUT2D eigenvalue weighted by Crippen LogP contribution is -2.21. The predicted octanol–water partition coefficient (Wildman–Crippen LogP) is 5.38.